The molecule has 0 radical (unpaired) electrons. The maximum absolute atomic E-state index is 11.1. The number of carbonyl (C=O) groups excluding carboxylic acids is 1. The minimum Gasteiger partial charge on any atom is -0.378 e. The van der Waals surface area contributed by atoms with Crippen LogP contribution in [0.25, 0.3) is 5.57 Å². The standard InChI is InChI=1S/C16H14N2O/c19-11-16-15-4-2-1-3-14(15)13(10-18-16)9-12-5-7-17-8-6-12/h1-8,10-11,16,18H,9H2. The molecule has 2 aromatic rings. The molecule has 0 aliphatic carbocycles. The summed E-state index contributed by atoms with van der Waals surface area (Å²) >= 11 is 0. The number of aldehydes is 1. The normalized spacial score (nSPS) is 17.1. The van der Waals surface area contributed by atoms with Gasteiger partial charge in [0.2, 0.25) is 0 Å². The number of benzene rings is 1. The van der Waals surface area contributed by atoms with E-state index in [-0.39, 0.29) is 6.04 Å². The van der Waals surface area contributed by atoms with Crippen molar-refractivity contribution in [2.24, 2.45) is 0 Å². The van der Waals surface area contributed by atoms with Gasteiger partial charge in [0.25, 0.3) is 0 Å². The van der Waals surface area contributed by atoms with Crippen LogP contribution in [0.5, 0.6) is 0 Å². The molecule has 3 nitrogen and oxygen atoms in total. The molecule has 3 heteroatoms. The van der Waals surface area contributed by atoms with Gasteiger partial charge in [-0.3, -0.25) is 4.98 Å². The lowest BCUT2D eigenvalue weighted by atomic mass is 9.90. The van der Waals surface area contributed by atoms with E-state index in [9.17, 15) is 4.79 Å². The summed E-state index contributed by atoms with van der Waals surface area (Å²) in [5, 5.41) is 3.15. The van der Waals surface area contributed by atoms with E-state index in [0.29, 0.717) is 0 Å². The molecule has 0 saturated heterocycles. The molecule has 0 saturated carbocycles. The first-order valence-corrected chi connectivity index (χ1v) is 6.27. The van der Waals surface area contributed by atoms with Crippen molar-refractivity contribution in [1.29, 1.82) is 0 Å². The van der Waals surface area contributed by atoms with Crippen LogP contribution in [0.1, 0.15) is 22.7 Å². The summed E-state index contributed by atoms with van der Waals surface area (Å²) in [5.41, 5.74) is 4.60. The average Bonchev–Trinajstić information content (AvgIpc) is 2.49. The van der Waals surface area contributed by atoms with Crippen LogP contribution >= 0.6 is 0 Å². The van der Waals surface area contributed by atoms with Crippen LogP contribution in [0.4, 0.5) is 0 Å². The van der Waals surface area contributed by atoms with E-state index in [1.54, 1.807) is 12.4 Å². The number of fused-ring (bicyclic) bond motifs is 1. The summed E-state index contributed by atoms with van der Waals surface area (Å²) in [6.45, 7) is 0. The Morgan fingerprint density at radius 1 is 1.16 bits per heavy atom. The Kier molecular flexibility index (Phi) is 3.11. The van der Waals surface area contributed by atoms with E-state index in [4.69, 9.17) is 0 Å². The maximum Gasteiger partial charge on any atom is 0.146 e. The third-order valence-electron chi connectivity index (χ3n) is 3.36. The number of rotatable bonds is 3. The highest BCUT2D eigenvalue weighted by molar-refractivity contribution is 5.77. The fourth-order valence-electron chi connectivity index (χ4n) is 2.40. The van der Waals surface area contributed by atoms with Crippen LogP contribution in [0.15, 0.2) is 55.0 Å². The molecular formula is C16H14N2O. The number of hydrogen-bond acceptors (Lipinski definition) is 3. The molecule has 1 aromatic carbocycles. The molecule has 2 heterocycles. The molecule has 19 heavy (non-hydrogen) atoms. The van der Waals surface area contributed by atoms with Gasteiger partial charge in [-0.2, -0.15) is 0 Å². The number of aromatic nitrogens is 1. The van der Waals surface area contributed by atoms with Gasteiger partial charge in [0, 0.05) is 18.6 Å². The third kappa shape index (κ3) is 2.27. The lowest BCUT2D eigenvalue weighted by Crippen LogP contribution is -2.23. The zero-order valence-corrected chi connectivity index (χ0v) is 10.4. The zero-order valence-electron chi connectivity index (χ0n) is 10.4. The van der Waals surface area contributed by atoms with Crippen molar-refractivity contribution in [3.8, 4) is 0 Å². The smallest absolute Gasteiger partial charge is 0.146 e. The topological polar surface area (TPSA) is 42.0 Å². The molecule has 1 aromatic heterocycles. The Balaban J connectivity index is 1.96. The van der Waals surface area contributed by atoms with Crippen LogP contribution in [0.3, 0.4) is 0 Å². The van der Waals surface area contributed by atoms with E-state index in [0.717, 1.165) is 23.8 Å². The lowest BCUT2D eigenvalue weighted by molar-refractivity contribution is -0.109. The summed E-state index contributed by atoms with van der Waals surface area (Å²) in [6.07, 6.45) is 7.32. The highest BCUT2D eigenvalue weighted by atomic mass is 16.1. The average molecular weight is 250 g/mol. The fraction of sp³-hybridized carbons (Fsp3) is 0.125. The highest BCUT2D eigenvalue weighted by Gasteiger charge is 2.19. The fourth-order valence-corrected chi connectivity index (χ4v) is 2.40. The summed E-state index contributed by atoms with van der Waals surface area (Å²) in [7, 11) is 0. The Morgan fingerprint density at radius 2 is 1.95 bits per heavy atom. The van der Waals surface area contributed by atoms with Gasteiger partial charge in [-0.15, -0.1) is 0 Å². The second kappa shape index (κ2) is 5.06. The molecule has 0 spiro atoms. The predicted octanol–water partition coefficient (Wildman–Crippen LogP) is 2.51. The molecule has 0 fully saturated rings. The SMILES string of the molecule is O=CC1NC=C(Cc2ccncc2)c2ccccc21. The molecule has 1 atom stereocenters. The van der Waals surface area contributed by atoms with Crippen LogP contribution in [-0.2, 0) is 11.2 Å². The predicted molar refractivity (Wildman–Crippen MR) is 74.3 cm³/mol. The van der Waals surface area contributed by atoms with Crippen molar-refractivity contribution in [2.75, 3.05) is 0 Å². The Morgan fingerprint density at radius 3 is 2.74 bits per heavy atom. The number of allylic oxidation sites excluding steroid dienone is 1. The van der Waals surface area contributed by atoms with Crippen molar-refractivity contribution >= 4 is 11.9 Å². The summed E-state index contributed by atoms with van der Waals surface area (Å²) in [4.78, 5) is 15.1. The third-order valence-corrected chi connectivity index (χ3v) is 3.36. The van der Waals surface area contributed by atoms with E-state index in [1.807, 2.05) is 36.5 Å². The second-order valence-electron chi connectivity index (χ2n) is 4.57. The van der Waals surface area contributed by atoms with Crippen molar-refractivity contribution in [3.05, 3.63) is 71.7 Å². The van der Waals surface area contributed by atoms with Crippen LogP contribution in [0, 0.1) is 0 Å². The van der Waals surface area contributed by atoms with Gasteiger partial charge in [0.15, 0.2) is 0 Å². The molecule has 1 unspecified atom stereocenters. The first-order chi connectivity index (χ1) is 9.38. The first kappa shape index (κ1) is 11.7. The summed E-state index contributed by atoms with van der Waals surface area (Å²) < 4.78 is 0. The maximum atomic E-state index is 11.1. The number of nitrogens with zero attached hydrogens (tertiary/aromatic N) is 1. The van der Waals surface area contributed by atoms with Gasteiger partial charge in [-0.1, -0.05) is 24.3 Å². The molecule has 1 aliphatic heterocycles. The first-order valence-electron chi connectivity index (χ1n) is 6.27. The largest absolute Gasteiger partial charge is 0.378 e. The van der Waals surface area contributed by atoms with Crippen molar-refractivity contribution in [2.45, 2.75) is 12.5 Å². The molecule has 1 aliphatic rings. The highest BCUT2D eigenvalue weighted by Crippen LogP contribution is 2.29. The molecule has 0 bridgehead atoms. The monoisotopic (exact) mass is 250 g/mol. The lowest BCUT2D eigenvalue weighted by Gasteiger charge is -2.23. The minimum atomic E-state index is -0.239. The Bertz CT molecular complexity index is 620. The molecule has 1 N–H and O–H groups in total. The second-order valence-corrected chi connectivity index (χ2v) is 4.57. The zero-order chi connectivity index (χ0) is 13.1. The van der Waals surface area contributed by atoms with Crippen molar-refractivity contribution < 1.29 is 4.79 Å². The van der Waals surface area contributed by atoms with Crippen molar-refractivity contribution in [1.82, 2.24) is 10.3 Å². The van der Waals surface area contributed by atoms with Gasteiger partial charge in [-0.05, 0) is 40.8 Å². The van der Waals surface area contributed by atoms with E-state index < -0.39 is 0 Å². The van der Waals surface area contributed by atoms with E-state index >= 15 is 0 Å². The number of nitrogens with one attached hydrogen (secondary N) is 1. The number of pyridine rings is 1. The van der Waals surface area contributed by atoms with Crippen molar-refractivity contribution in [3.63, 3.8) is 0 Å². The quantitative estimate of drug-likeness (QED) is 0.851. The molecule has 0 amide bonds. The van der Waals surface area contributed by atoms with E-state index in [1.165, 1.54) is 11.1 Å². The van der Waals surface area contributed by atoms with Gasteiger partial charge in [0.05, 0.1) is 0 Å². The van der Waals surface area contributed by atoms with Gasteiger partial charge in [0.1, 0.15) is 12.3 Å². The summed E-state index contributed by atoms with van der Waals surface area (Å²) in [5.74, 6) is 0. The van der Waals surface area contributed by atoms with Crippen LogP contribution in [-0.4, -0.2) is 11.3 Å². The number of carbonyl (C=O) groups is 1. The van der Waals surface area contributed by atoms with Crippen LogP contribution < -0.4 is 5.32 Å². The Labute approximate surface area is 112 Å². The molecule has 94 valence electrons. The van der Waals surface area contributed by atoms with Gasteiger partial charge in [-0.25, -0.2) is 0 Å². The minimum absolute atomic E-state index is 0.239. The summed E-state index contributed by atoms with van der Waals surface area (Å²) in [6, 6.07) is 11.8. The molecular weight excluding hydrogens is 236 g/mol. The Hall–Kier alpha value is -2.42. The van der Waals surface area contributed by atoms with E-state index in [2.05, 4.69) is 16.4 Å². The number of hydrogen-bond donors (Lipinski definition) is 1. The molecule has 3 rings (SSSR count). The van der Waals surface area contributed by atoms with Gasteiger partial charge >= 0.3 is 0 Å². The van der Waals surface area contributed by atoms with Gasteiger partial charge < -0.3 is 10.1 Å². The van der Waals surface area contributed by atoms with Crippen LogP contribution in [0.2, 0.25) is 0 Å².